The molecule has 4 rings (SSSR count). The van der Waals surface area contributed by atoms with Crippen molar-refractivity contribution in [2.45, 2.75) is 55.4 Å². The fraction of sp³-hybridized carbons (Fsp3) is 0.458. The number of alkyl halides is 3. The molecule has 2 aliphatic carbocycles. The van der Waals surface area contributed by atoms with E-state index in [-0.39, 0.29) is 18.4 Å². The molecule has 7 heteroatoms. The van der Waals surface area contributed by atoms with Gasteiger partial charge in [-0.15, -0.1) is 0 Å². The Bertz CT molecular complexity index is 975. The minimum Gasteiger partial charge on any atom is -0.465 e. The van der Waals surface area contributed by atoms with Gasteiger partial charge in [0, 0.05) is 5.41 Å². The predicted molar refractivity (Wildman–Crippen MR) is 108 cm³/mol. The molecule has 0 saturated heterocycles. The maximum absolute atomic E-state index is 13.6. The number of rotatable bonds is 3. The molecule has 4 nitrogen and oxygen atoms in total. The predicted octanol–water partition coefficient (Wildman–Crippen LogP) is 4.48. The van der Waals surface area contributed by atoms with E-state index >= 15 is 0 Å². The molecule has 1 fully saturated rings. The lowest BCUT2D eigenvalue weighted by atomic mass is 9.52. The first kappa shape index (κ1) is 21.8. The van der Waals surface area contributed by atoms with Crippen LogP contribution in [0.3, 0.4) is 0 Å². The molecule has 0 heterocycles. The van der Waals surface area contributed by atoms with Gasteiger partial charge in [0.1, 0.15) is 0 Å². The zero-order valence-electron chi connectivity index (χ0n) is 17.2. The van der Waals surface area contributed by atoms with Gasteiger partial charge in [-0.2, -0.15) is 13.2 Å². The van der Waals surface area contributed by atoms with Crippen molar-refractivity contribution in [3.05, 3.63) is 70.8 Å². The number of carbonyl (C=O) groups excluding carboxylic acids is 1. The second-order valence-corrected chi connectivity index (χ2v) is 8.79. The standard InChI is InChI=1S/C24H25F3O4/c1-31-21(29)16-7-8-19-18(11-16)20(28)12-17-14-23(30,24(25,26)27)10-9-22(17,19)13-15-5-3-2-4-6-15/h2-8,11,17,20,28,30H,9-10,12-14H2,1H3. The molecule has 4 atom stereocenters. The van der Waals surface area contributed by atoms with Crippen molar-refractivity contribution in [2.75, 3.05) is 7.11 Å². The van der Waals surface area contributed by atoms with Crippen LogP contribution < -0.4 is 0 Å². The molecule has 0 radical (unpaired) electrons. The topological polar surface area (TPSA) is 66.8 Å². The van der Waals surface area contributed by atoms with E-state index in [1.165, 1.54) is 7.11 Å². The van der Waals surface area contributed by atoms with Gasteiger partial charge in [-0.25, -0.2) is 4.79 Å². The maximum Gasteiger partial charge on any atom is 0.417 e. The van der Waals surface area contributed by atoms with Crippen molar-refractivity contribution in [1.82, 2.24) is 0 Å². The quantitative estimate of drug-likeness (QED) is 0.699. The van der Waals surface area contributed by atoms with Crippen LogP contribution in [0.4, 0.5) is 13.2 Å². The number of esters is 1. The Balaban J connectivity index is 1.83. The molecule has 1 saturated carbocycles. The molecule has 31 heavy (non-hydrogen) atoms. The van der Waals surface area contributed by atoms with Crippen LogP contribution in [0.15, 0.2) is 48.5 Å². The van der Waals surface area contributed by atoms with E-state index in [0.717, 1.165) is 11.1 Å². The van der Waals surface area contributed by atoms with Crippen molar-refractivity contribution < 1.29 is 32.9 Å². The van der Waals surface area contributed by atoms with Gasteiger partial charge in [0.25, 0.3) is 0 Å². The monoisotopic (exact) mass is 434 g/mol. The number of aliphatic hydroxyl groups is 2. The average Bonchev–Trinajstić information content (AvgIpc) is 2.74. The lowest BCUT2D eigenvalue weighted by Gasteiger charge is -2.54. The van der Waals surface area contributed by atoms with E-state index in [2.05, 4.69) is 0 Å². The third-order valence-electron chi connectivity index (χ3n) is 7.12. The van der Waals surface area contributed by atoms with Gasteiger partial charge in [0.2, 0.25) is 0 Å². The summed E-state index contributed by atoms with van der Waals surface area (Å²) >= 11 is 0. The summed E-state index contributed by atoms with van der Waals surface area (Å²) in [6, 6.07) is 14.4. The van der Waals surface area contributed by atoms with E-state index < -0.39 is 48.0 Å². The fourth-order valence-corrected chi connectivity index (χ4v) is 5.48. The molecular weight excluding hydrogens is 409 g/mol. The Morgan fingerprint density at radius 3 is 2.52 bits per heavy atom. The van der Waals surface area contributed by atoms with E-state index in [0.29, 0.717) is 12.0 Å². The highest BCUT2D eigenvalue weighted by atomic mass is 19.4. The lowest BCUT2D eigenvalue weighted by molar-refractivity contribution is -0.280. The molecule has 2 N–H and O–H groups in total. The first-order chi connectivity index (χ1) is 14.6. The van der Waals surface area contributed by atoms with E-state index in [1.807, 2.05) is 30.3 Å². The second kappa shape index (κ2) is 7.64. The molecule has 2 aromatic carbocycles. The lowest BCUT2D eigenvalue weighted by Crippen LogP contribution is -2.57. The molecule has 0 amide bonds. The molecule has 166 valence electrons. The number of halogens is 3. The van der Waals surface area contributed by atoms with Gasteiger partial charge in [0.15, 0.2) is 5.60 Å². The Labute approximate surface area is 178 Å². The molecule has 4 unspecified atom stereocenters. The van der Waals surface area contributed by atoms with E-state index in [4.69, 9.17) is 4.74 Å². The van der Waals surface area contributed by atoms with Gasteiger partial charge in [-0.1, -0.05) is 36.4 Å². The SMILES string of the molecule is COC(=O)c1ccc2c(c1)C(O)CC1CC(O)(C(F)(F)F)CCC21Cc1ccccc1. The number of hydrogen-bond acceptors (Lipinski definition) is 4. The smallest absolute Gasteiger partial charge is 0.417 e. The third kappa shape index (κ3) is 3.64. The normalized spacial score (nSPS) is 30.3. The molecule has 2 aromatic rings. The van der Waals surface area contributed by atoms with Crippen LogP contribution in [0.1, 0.15) is 58.8 Å². The molecule has 0 aliphatic heterocycles. The van der Waals surface area contributed by atoms with Crippen molar-refractivity contribution in [2.24, 2.45) is 5.92 Å². The number of ether oxygens (including phenoxy) is 1. The summed E-state index contributed by atoms with van der Waals surface area (Å²) in [5.41, 5.74) is -0.881. The number of fused-ring (bicyclic) bond motifs is 3. The zero-order valence-corrected chi connectivity index (χ0v) is 17.2. The molecule has 2 aliphatic rings. The number of hydrogen-bond donors (Lipinski definition) is 2. The zero-order chi connectivity index (χ0) is 22.4. The number of benzene rings is 2. The number of methoxy groups -OCH3 is 1. The van der Waals surface area contributed by atoms with Crippen molar-refractivity contribution >= 4 is 5.97 Å². The highest BCUT2D eigenvalue weighted by Crippen LogP contribution is 2.59. The minimum atomic E-state index is -4.73. The highest BCUT2D eigenvalue weighted by molar-refractivity contribution is 5.89. The van der Waals surface area contributed by atoms with Crippen LogP contribution in [0.2, 0.25) is 0 Å². The van der Waals surface area contributed by atoms with Crippen molar-refractivity contribution in [1.29, 1.82) is 0 Å². The van der Waals surface area contributed by atoms with E-state index in [9.17, 15) is 28.2 Å². The average molecular weight is 434 g/mol. The fourth-order valence-electron chi connectivity index (χ4n) is 5.48. The highest BCUT2D eigenvalue weighted by Gasteiger charge is 2.62. The summed E-state index contributed by atoms with van der Waals surface area (Å²) < 4.78 is 45.7. The summed E-state index contributed by atoms with van der Waals surface area (Å²) in [7, 11) is 1.27. The number of aliphatic hydroxyl groups excluding tert-OH is 1. The summed E-state index contributed by atoms with van der Waals surface area (Å²) in [4.78, 5) is 12.0. The van der Waals surface area contributed by atoms with Gasteiger partial charge in [-0.3, -0.25) is 0 Å². The summed E-state index contributed by atoms with van der Waals surface area (Å²) in [5, 5.41) is 21.3. The number of carbonyl (C=O) groups is 1. The van der Waals surface area contributed by atoms with Crippen LogP contribution >= 0.6 is 0 Å². The molecule has 0 aromatic heterocycles. The van der Waals surface area contributed by atoms with Gasteiger partial charge < -0.3 is 14.9 Å². The summed E-state index contributed by atoms with van der Waals surface area (Å²) in [6.07, 6.45) is -5.92. The van der Waals surface area contributed by atoms with Gasteiger partial charge >= 0.3 is 12.1 Å². The van der Waals surface area contributed by atoms with Crippen LogP contribution in [-0.4, -0.2) is 35.1 Å². The minimum absolute atomic E-state index is 0.0862. The summed E-state index contributed by atoms with van der Waals surface area (Å²) in [5.74, 6) is -1.11. The third-order valence-corrected chi connectivity index (χ3v) is 7.12. The Morgan fingerprint density at radius 2 is 1.87 bits per heavy atom. The van der Waals surface area contributed by atoms with Crippen molar-refractivity contribution in [3.8, 4) is 0 Å². The largest absolute Gasteiger partial charge is 0.465 e. The van der Waals surface area contributed by atoms with Crippen molar-refractivity contribution in [3.63, 3.8) is 0 Å². The molecule has 0 spiro atoms. The molecular formula is C24H25F3O4. The van der Waals surface area contributed by atoms with Crippen LogP contribution in [0, 0.1) is 5.92 Å². The Morgan fingerprint density at radius 1 is 1.16 bits per heavy atom. The summed E-state index contributed by atoms with van der Waals surface area (Å²) in [6.45, 7) is 0. The van der Waals surface area contributed by atoms with Crippen LogP contribution in [0.25, 0.3) is 0 Å². The van der Waals surface area contributed by atoms with Gasteiger partial charge in [0.05, 0.1) is 18.8 Å². The van der Waals surface area contributed by atoms with Crippen LogP contribution in [-0.2, 0) is 16.6 Å². The van der Waals surface area contributed by atoms with Gasteiger partial charge in [-0.05, 0) is 66.8 Å². The Hall–Kier alpha value is -2.38. The van der Waals surface area contributed by atoms with Crippen LogP contribution in [0.5, 0.6) is 0 Å². The Kier molecular flexibility index (Phi) is 5.38. The maximum atomic E-state index is 13.6. The first-order valence-electron chi connectivity index (χ1n) is 10.3. The molecule has 0 bridgehead atoms. The second-order valence-electron chi connectivity index (χ2n) is 8.79. The first-order valence-corrected chi connectivity index (χ1v) is 10.3. The van der Waals surface area contributed by atoms with E-state index in [1.54, 1.807) is 18.2 Å².